The van der Waals surface area contributed by atoms with E-state index in [-0.39, 0.29) is 11.8 Å². The maximum Gasteiger partial charge on any atom is 0.314 e. The van der Waals surface area contributed by atoms with E-state index in [4.69, 9.17) is 16.3 Å². The van der Waals surface area contributed by atoms with Crippen LogP contribution >= 0.6 is 27.5 Å². The van der Waals surface area contributed by atoms with Crippen LogP contribution in [0.2, 0.25) is 0 Å². The maximum atomic E-state index is 11.6. The average Bonchev–Trinajstić information content (AvgIpc) is 2.35. The van der Waals surface area contributed by atoms with Crippen LogP contribution in [0.25, 0.3) is 0 Å². The number of hydrogen-bond donors (Lipinski definition) is 1. The van der Waals surface area contributed by atoms with Crippen molar-refractivity contribution < 1.29 is 9.53 Å². The van der Waals surface area contributed by atoms with Crippen molar-refractivity contribution >= 4 is 39.2 Å². The van der Waals surface area contributed by atoms with Crippen molar-refractivity contribution in [2.45, 2.75) is 6.92 Å². The van der Waals surface area contributed by atoms with Crippen molar-refractivity contribution in [3.05, 3.63) is 28.7 Å². The number of alkyl halides is 1. The summed E-state index contributed by atoms with van der Waals surface area (Å²) in [6.45, 7) is 2.20. The third kappa shape index (κ3) is 3.89. The highest BCUT2D eigenvalue weighted by Crippen LogP contribution is 2.22. The molecule has 1 aromatic carbocycles. The SMILES string of the molecule is COC(=O)C(C)(CCl)CNc1cccc(Br)c1. The van der Waals surface area contributed by atoms with E-state index in [1.165, 1.54) is 7.11 Å². The molecule has 5 heteroatoms. The summed E-state index contributed by atoms with van der Waals surface area (Å²) in [7, 11) is 1.37. The largest absolute Gasteiger partial charge is 0.469 e. The van der Waals surface area contributed by atoms with Gasteiger partial charge < -0.3 is 10.1 Å². The maximum absolute atomic E-state index is 11.6. The molecule has 0 aliphatic heterocycles. The predicted octanol–water partition coefficient (Wildman–Crippen LogP) is 3.28. The molecule has 1 atom stereocenters. The molecule has 0 saturated heterocycles. The molecule has 1 aromatic rings. The number of carbonyl (C=O) groups excluding carboxylic acids is 1. The number of anilines is 1. The molecule has 0 radical (unpaired) electrons. The fraction of sp³-hybridized carbons (Fsp3) is 0.417. The van der Waals surface area contributed by atoms with E-state index in [2.05, 4.69) is 21.2 Å². The molecule has 0 fully saturated rings. The zero-order chi connectivity index (χ0) is 12.9. The van der Waals surface area contributed by atoms with Gasteiger partial charge in [-0.3, -0.25) is 4.79 Å². The number of methoxy groups -OCH3 is 1. The minimum atomic E-state index is -0.724. The monoisotopic (exact) mass is 319 g/mol. The Balaban J connectivity index is 2.68. The summed E-state index contributed by atoms with van der Waals surface area (Å²) < 4.78 is 5.73. The minimum absolute atomic E-state index is 0.209. The molecule has 0 spiro atoms. The van der Waals surface area contributed by atoms with E-state index in [9.17, 15) is 4.79 Å². The summed E-state index contributed by atoms with van der Waals surface area (Å²) in [5, 5.41) is 3.18. The van der Waals surface area contributed by atoms with Gasteiger partial charge in [0, 0.05) is 22.6 Å². The first-order valence-corrected chi connectivity index (χ1v) is 6.48. The first kappa shape index (κ1) is 14.3. The van der Waals surface area contributed by atoms with Crippen molar-refractivity contribution in [1.29, 1.82) is 0 Å². The summed E-state index contributed by atoms with van der Waals surface area (Å²) in [4.78, 5) is 11.6. The van der Waals surface area contributed by atoms with Gasteiger partial charge in [0.1, 0.15) is 0 Å². The van der Waals surface area contributed by atoms with E-state index < -0.39 is 5.41 Å². The lowest BCUT2D eigenvalue weighted by atomic mass is 9.93. The first-order chi connectivity index (χ1) is 8.01. The lowest BCUT2D eigenvalue weighted by Crippen LogP contribution is -2.37. The van der Waals surface area contributed by atoms with Crippen LogP contribution in [0.1, 0.15) is 6.92 Å². The lowest BCUT2D eigenvalue weighted by Gasteiger charge is -2.24. The first-order valence-electron chi connectivity index (χ1n) is 5.15. The summed E-state index contributed by atoms with van der Waals surface area (Å²) >= 11 is 9.21. The number of carbonyl (C=O) groups is 1. The second-order valence-corrected chi connectivity index (χ2v) is 5.23. The predicted molar refractivity (Wildman–Crippen MR) is 73.5 cm³/mol. The number of hydrogen-bond acceptors (Lipinski definition) is 3. The highest BCUT2D eigenvalue weighted by Gasteiger charge is 2.33. The van der Waals surface area contributed by atoms with E-state index in [0.29, 0.717) is 6.54 Å². The molecule has 0 saturated carbocycles. The van der Waals surface area contributed by atoms with Gasteiger partial charge in [0.05, 0.1) is 12.5 Å². The molecule has 0 aliphatic carbocycles. The van der Waals surface area contributed by atoms with Gasteiger partial charge in [-0.25, -0.2) is 0 Å². The molecule has 3 nitrogen and oxygen atoms in total. The normalized spacial score (nSPS) is 13.9. The van der Waals surface area contributed by atoms with Crippen molar-refractivity contribution in [1.82, 2.24) is 0 Å². The van der Waals surface area contributed by atoms with Crippen LogP contribution in [0.3, 0.4) is 0 Å². The Labute approximate surface area is 115 Å². The zero-order valence-corrected chi connectivity index (χ0v) is 12.1. The van der Waals surface area contributed by atoms with Gasteiger partial charge in [0.15, 0.2) is 0 Å². The molecule has 94 valence electrons. The summed E-state index contributed by atoms with van der Waals surface area (Å²) in [6, 6.07) is 7.72. The van der Waals surface area contributed by atoms with Gasteiger partial charge in [-0.15, -0.1) is 11.6 Å². The zero-order valence-electron chi connectivity index (χ0n) is 9.80. The van der Waals surface area contributed by atoms with Gasteiger partial charge in [-0.1, -0.05) is 22.0 Å². The second kappa shape index (κ2) is 6.26. The van der Waals surface area contributed by atoms with Crippen LogP contribution in [-0.2, 0) is 9.53 Å². The van der Waals surface area contributed by atoms with Gasteiger partial charge in [-0.2, -0.15) is 0 Å². The van der Waals surface area contributed by atoms with Crippen LogP contribution < -0.4 is 5.32 Å². The van der Waals surface area contributed by atoms with E-state index >= 15 is 0 Å². The van der Waals surface area contributed by atoms with Crippen molar-refractivity contribution in [3.8, 4) is 0 Å². The molecular weight excluding hydrogens is 305 g/mol. The van der Waals surface area contributed by atoms with Crippen LogP contribution in [-0.4, -0.2) is 25.5 Å². The third-order valence-electron chi connectivity index (χ3n) is 2.48. The standard InChI is InChI=1S/C12H15BrClNO2/c1-12(7-14,11(16)17-2)8-15-10-5-3-4-9(13)6-10/h3-6,15H,7-8H2,1-2H3. The van der Waals surface area contributed by atoms with E-state index in [0.717, 1.165) is 10.2 Å². The molecule has 1 rings (SSSR count). The number of ether oxygens (including phenoxy) is 1. The van der Waals surface area contributed by atoms with E-state index in [1.807, 2.05) is 24.3 Å². The van der Waals surface area contributed by atoms with Crippen molar-refractivity contribution in [2.24, 2.45) is 5.41 Å². The van der Waals surface area contributed by atoms with Gasteiger partial charge in [-0.05, 0) is 25.1 Å². The summed E-state index contributed by atoms with van der Waals surface area (Å²) in [5.41, 5.74) is 0.207. The number of rotatable bonds is 5. The summed E-state index contributed by atoms with van der Waals surface area (Å²) in [6.07, 6.45) is 0. The quantitative estimate of drug-likeness (QED) is 0.668. The Morgan fingerprint density at radius 3 is 2.82 bits per heavy atom. The fourth-order valence-corrected chi connectivity index (χ4v) is 1.92. The molecule has 0 bridgehead atoms. The van der Waals surface area contributed by atoms with Gasteiger partial charge in [0.2, 0.25) is 0 Å². The molecule has 17 heavy (non-hydrogen) atoms. The molecule has 0 aromatic heterocycles. The number of halogens is 2. The minimum Gasteiger partial charge on any atom is -0.469 e. The smallest absolute Gasteiger partial charge is 0.314 e. The number of esters is 1. The Morgan fingerprint density at radius 1 is 1.59 bits per heavy atom. The molecule has 0 aliphatic rings. The van der Waals surface area contributed by atoms with Crippen LogP contribution in [0.4, 0.5) is 5.69 Å². The number of nitrogens with one attached hydrogen (secondary N) is 1. The molecular formula is C12H15BrClNO2. The third-order valence-corrected chi connectivity index (χ3v) is 3.56. The van der Waals surface area contributed by atoms with Gasteiger partial charge >= 0.3 is 5.97 Å². The lowest BCUT2D eigenvalue weighted by molar-refractivity contribution is -0.149. The summed E-state index contributed by atoms with van der Waals surface area (Å²) in [5.74, 6) is -0.101. The number of benzene rings is 1. The topological polar surface area (TPSA) is 38.3 Å². The molecule has 1 unspecified atom stereocenters. The highest BCUT2D eigenvalue weighted by molar-refractivity contribution is 9.10. The van der Waals surface area contributed by atoms with Crippen molar-refractivity contribution in [3.63, 3.8) is 0 Å². The molecule has 1 N–H and O–H groups in total. The van der Waals surface area contributed by atoms with Crippen LogP contribution in [0.15, 0.2) is 28.7 Å². The Kier molecular flexibility index (Phi) is 5.28. The Morgan fingerprint density at radius 2 is 2.29 bits per heavy atom. The van der Waals surface area contributed by atoms with Crippen LogP contribution in [0.5, 0.6) is 0 Å². The molecule has 0 heterocycles. The van der Waals surface area contributed by atoms with Crippen LogP contribution in [0, 0.1) is 5.41 Å². The second-order valence-electron chi connectivity index (χ2n) is 4.05. The van der Waals surface area contributed by atoms with Crippen molar-refractivity contribution in [2.75, 3.05) is 24.9 Å². The average molecular weight is 321 g/mol. The van der Waals surface area contributed by atoms with E-state index in [1.54, 1.807) is 6.92 Å². The Bertz CT molecular complexity index is 400. The molecule has 0 amide bonds. The highest BCUT2D eigenvalue weighted by atomic mass is 79.9. The van der Waals surface area contributed by atoms with Gasteiger partial charge in [0.25, 0.3) is 0 Å². The fourth-order valence-electron chi connectivity index (χ4n) is 1.32. The Hall–Kier alpha value is -0.740.